The lowest BCUT2D eigenvalue weighted by Crippen LogP contribution is -2.39. The molecule has 0 saturated heterocycles. The van der Waals surface area contributed by atoms with E-state index in [0.717, 1.165) is 0 Å². The van der Waals surface area contributed by atoms with Crippen molar-refractivity contribution in [2.75, 3.05) is 7.05 Å². The molecule has 1 radical (unpaired) electrons. The standard InChI is InChI=1S/C4H6N3O2/c1-6-3-2-5-4(6)7(8)9/h3-5H,1H3. The van der Waals surface area contributed by atoms with E-state index < -0.39 is 11.2 Å². The molecule has 0 aliphatic carbocycles. The summed E-state index contributed by atoms with van der Waals surface area (Å²) < 4.78 is 0. The Morgan fingerprint density at radius 1 is 2.00 bits per heavy atom. The van der Waals surface area contributed by atoms with E-state index in [-0.39, 0.29) is 0 Å². The molecular formula is C4H6N3O2. The molecule has 1 heterocycles. The lowest BCUT2D eigenvalue weighted by molar-refractivity contribution is -0.548. The average Bonchev–Trinajstić information content (AvgIpc) is 2.13. The summed E-state index contributed by atoms with van der Waals surface area (Å²) in [6.07, 6.45) is 3.18. The van der Waals surface area contributed by atoms with Crippen LogP contribution in [0.1, 0.15) is 0 Å². The Morgan fingerprint density at radius 3 is 2.89 bits per heavy atom. The van der Waals surface area contributed by atoms with Gasteiger partial charge in [-0.1, -0.05) is 0 Å². The number of hydrogen-bond acceptors (Lipinski definition) is 4. The summed E-state index contributed by atoms with van der Waals surface area (Å²) in [5, 5.41) is 12.5. The van der Waals surface area contributed by atoms with Gasteiger partial charge in [0.1, 0.15) is 0 Å². The van der Waals surface area contributed by atoms with Gasteiger partial charge in [0.15, 0.2) is 0 Å². The van der Waals surface area contributed by atoms with Gasteiger partial charge in [-0.15, -0.1) is 0 Å². The van der Waals surface area contributed by atoms with Crippen LogP contribution in [0.3, 0.4) is 0 Å². The molecule has 9 heavy (non-hydrogen) atoms. The van der Waals surface area contributed by atoms with Crippen molar-refractivity contribution in [1.82, 2.24) is 10.2 Å². The summed E-state index contributed by atoms with van der Waals surface area (Å²) in [5.74, 6) is 0. The third kappa shape index (κ3) is 0.933. The van der Waals surface area contributed by atoms with E-state index in [9.17, 15) is 10.1 Å². The maximum absolute atomic E-state index is 10.1. The highest BCUT2D eigenvalue weighted by atomic mass is 16.6. The van der Waals surface area contributed by atoms with Gasteiger partial charge in [-0.05, 0) is 0 Å². The normalized spacial score (nSPS) is 24.1. The first kappa shape index (κ1) is 5.87. The SMILES string of the molecule is CN1C=[C]NC1[N+](=O)[O-]. The lowest BCUT2D eigenvalue weighted by atomic mass is 10.8. The van der Waals surface area contributed by atoms with Crippen LogP contribution in [0.2, 0.25) is 0 Å². The topological polar surface area (TPSA) is 58.4 Å². The van der Waals surface area contributed by atoms with Crippen molar-refractivity contribution < 1.29 is 4.92 Å². The molecule has 0 saturated carbocycles. The van der Waals surface area contributed by atoms with E-state index in [4.69, 9.17) is 0 Å². The van der Waals surface area contributed by atoms with E-state index in [1.165, 1.54) is 11.1 Å². The van der Waals surface area contributed by atoms with Crippen LogP contribution >= 0.6 is 0 Å². The van der Waals surface area contributed by atoms with Gasteiger partial charge in [-0.3, -0.25) is 15.0 Å². The van der Waals surface area contributed by atoms with E-state index in [1.807, 2.05) is 0 Å². The Labute approximate surface area is 52.1 Å². The minimum absolute atomic E-state index is 0.420. The predicted molar refractivity (Wildman–Crippen MR) is 29.5 cm³/mol. The minimum Gasteiger partial charge on any atom is -0.302 e. The van der Waals surface area contributed by atoms with Crippen molar-refractivity contribution in [2.45, 2.75) is 6.29 Å². The van der Waals surface area contributed by atoms with Gasteiger partial charge in [-0.25, -0.2) is 0 Å². The first-order valence-electron chi connectivity index (χ1n) is 2.41. The van der Waals surface area contributed by atoms with Gasteiger partial charge in [0.05, 0.1) is 11.1 Å². The number of nitrogens with one attached hydrogen (secondary N) is 1. The summed E-state index contributed by atoms with van der Waals surface area (Å²) in [4.78, 5) is 11.1. The molecule has 0 spiro atoms. The molecule has 0 aromatic heterocycles. The van der Waals surface area contributed by atoms with Gasteiger partial charge in [0.25, 0.3) is 0 Å². The quantitative estimate of drug-likeness (QED) is 0.377. The number of nitrogens with zero attached hydrogens (tertiary/aromatic N) is 2. The van der Waals surface area contributed by atoms with E-state index in [1.54, 1.807) is 7.05 Å². The van der Waals surface area contributed by atoms with Crippen LogP contribution in [-0.4, -0.2) is 23.2 Å². The van der Waals surface area contributed by atoms with Crippen molar-refractivity contribution in [3.63, 3.8) is 0 Å². The molecule has 0 aromatic carbocycles. The fourth-order valence-corrected chi connectivity index (χ4v) is 0.587. The van der Waals surface area contributed by atoms with Crippen molar-refractivity contribution in [3.8, 4) is 0 Å². The summed E-state index contributed by atoms with van der Waals surface area (Å²) in [6, 6.07) is 0. The minimum atomic E-state index is -0.829. The third-order valence-electron chi connectivity index (χ3n) is 1.07. The molecule has 0 amide bonds. The average molecular weight is 128 g/mol. The van der Waals surface area contributed by atoms with E-state index in [0.29, 0.717) is 0 Å². The van der Waals surface area contributed by atoms with Crippen LogP contribution in [0, 0.1) is 16.3 Å². The van der Waals surface area contributed by atoms with E-state index in [2.05, 4.69) is 11.5 Å². The van der Waals surface area contributed by atoms with Crippen molar-refractivity contribution >= 4 is 0 Å². The van der Waals surface area contributed by atoms with Gasteiger partial charge in [-0.2, -0.15) is 0 Å². The Balaban J connectivity index is 2.55. The summed E-state index contributed by atoms with van der Waals surface area (Å²) in [5.41, 5.74) is 0. The highest BCUT2D eigenvalue weighted by Gasteiger charge is 2.24. The van der Waals surface area contributed by atoms with Crippen molar-refractivity contribution in [1.29, 1.82) is 0 Å². The summed E-state index contributed by atoms with van der Waals surface area (Å²) in [6.45, 7) is 0. The van der Waals surface area contributed by atoms with Crippen LogP contribution in [0.4, 0.5) is 0 Å². The smallest absolute Gasteiger partial charge is 0.302 e. The molecule has 5 heteroatoms. The van der Waals surface area contributed by atoms with Crippen molar-refractivity contribution in [2.24, 2.45) is 0 Å². The molecule has 1 N–H and O–H groups in total. The van der Waals surface area contributed by atoms with Crippen LogP contribution in [0.5, 0.6) is 0 Å². The second-order valence-corrected chi connectivity index (χ2v) is 1.74. The molecule has 1 aliphatic rings. The molecule has 1 unspecified atom stereocenters. The predicted octanol–water partition coefficient (Wildman–Crippen LogP) is -0.644. The molecular weight excluding hydrogens is 122 g/mol. The molecule has 0 aromatic rings. The fraction of sp³-hybridized carbons (Fsp3) is 0.500. The van der Waals surface area contributed by atoms with Crippen LogP contribution in [0.25, 0.3) is 0 Å². The zero-order valence-corrected chi connectivity index (χ0v) is 4.87. The Bertz CT molecular complexity index is 156. The largest absolute Gasteiger partial charge is 0.365 e. The number of nitro groups is 1. The van der Waals surface area contributed by atoms with Crippen molar-refractivity contribution in [3.05, 3.63) is 22.5 Å². The van der Waals surface area contributed by atoms with E-state index >= 15 is 0 Å². The van der Waals surface area contributed by atoms with Gasteiger partial charge in [0, 0.05) is 13.2 Å². The number of hydrogen-bond donors (Lipinski definition) is 1. The zero-order chi connectivity index (χ0) is 6.85. The lowest BCUT2D eigenvalue weighted by Gasteiger charge is -2.10. The fourth-order valence-electron chi connectivity index (χ4n) is 0.587. The molecule has 49 valence electrons. The molecule has 1 rings (SSSR count). The Morgan fingerprint density at radius 2 is 2.67 bits per heavy atom. The molecule has 1 aliphatic heterocycles. The number of rotatable bonds is 1. The second kappa shape index (κ2) is 1.93. The highest BCUT2D eigenvalue weighted by molar-refractivity contribution is 4.80. The van der Waals surface area contributed by atoms with Gasteiger partial charge in [0.2, 0.25) is 0 Å². The Kier molecular flexibility index (Phi) is 1.26. The van der Waals surface area contributed by atoms with Gasteiger partial charge >= 0.3 is 6.29 Å². The highest BCUT2D eigenvalue weighted by Crippen LogP contribution is 1.99. The maximum Gasteiger partial charge on any atom is 0.365 e. The first-order chi connectivity index (χ1) is 4.22. The van der Waals surface area contributed by atoms with Crippen LogP contribution in [-0.2, 0) is 0 Å². The Hall–Kier alpha value is -1.26. The molecule has 5 nitrogen and oxygen atoms in total. The second-order valence-electron chi connectivity index (χ2n) is 1.74. The van der Waals surface area contributed by atoms with Crippen LogP contribution in [0.15, 0.2) is 6.20 Å². The third-order valence-corrected chi connectivity index (χ3v) is 1.07. The molecule has 0 fully saturated rings. The zero-order valence-electron chi connectivity index (χ0n) is 4.87. The molecule has 1 atom stereocenters. The maximum atomic E-state index is 10.1. The molecule has 0 bridgehead atoms. The van der Waals surface area contributed by atoms with Crippen LogP contribution < -0.4 is 5.32 Å². The monoisotopic (exact) mass is 128 g/mol. The van der Waals surface area contributed by atoms with Gasteiger partial charge < -0.3 is 5.32 Å². The summed E-state index contributed by atoms with van der Waals surface area (Å²) >= 11 is 0. The first-order valence-corrected chi connectivity index (χ1v) is 2.41. The summed E-state index contributed by atoms with van der Waals surface area (Å²) in [7, 11) is 1.61.